The van der Waals surface area contributed by atoms with Gasteiger partial charge in [0.05, 0.1) is 13.2 Å². The largest absolute Gasteiger partial charge is 0.497 e. The van der Waals surface area contributed by atoms with Crippen LogP contribution in [-0.4, -0.2) is 23.2 Å². The second-order valence-corrected chi connectivity index (χ2v) is 4.46. The van der Waals surface area contributed by atoms with Gasteiger partial charge in [-0.05, 0) is 38.1 Å². The fourth-order valence-corrected chi connectivity index (χ4v) is 1.61. The van der Waals surface area contributed by atoms with Crippen LogP contribution in [0.25, 0.3) is 0 Å². The molecule has 0 spiro atoms. The monoisotopic (exact) mass is 274 g/mol. The van der Waals surface area contributed by atoms with E-state index in [1.54, 1.807) is 7.11 Å². The summed E-state index contributed by atoms with van der Waals surface area (Å²) in [6.45, 7) is 3.83. The third-order valence-corrected chi connectivity index (χ3v) is 2.55. The van der Waals surface area contributed by atoms with E-state index in [1.807, 2.05) is 38.1 Å². The highest BCUT2D eigenvalue weighted by Gasteiger charge is 2.10. The van der Waals surface area contributed by atoms with E-state index in [-0.39, 0.29) is 6.10 Å². The topological polar surface area (TPSA) is 82.3 Å². The van der Waals surface area contributed by atoms with Gasteiger partial charge in [0.25, 0.3) is 0 Å². The molecule has 0 aliphatic heterocycles. The van der Waals surface area contributed by atoms with Crippen LogP contribution in [0.3, 0.4) is 0 Å². The van der Waals surface area contributed by atoms with E-state index in [2.05, 4.69) is 15.3 Å². The Morgan fingerprint density at radius 3 is 2.45 bits per heavy atom. The Morgan fingerprint density at radius 1 is 1.15 bits per heavy atom. The highest BCUT2D eigenvalue weighted by Crippen LogP contribution is 2.28. The molecule has 1 aromatic heterocycles. The lowest BCUT2D eigenvalue weighted by molar-refractivity contribution is 0.234. The minimum atomic E-state index is 0.000960. The highest BCUT2D eigenvalue weighted by atomic mass is 16.5. The Balaban J connectivity index is 2.20. The molecule has 3 N–H and O–H groups in total. The van der Waals surface area contributed by atoms with Crippen molar-refractivity contribution < 1.29 is 9.47 Å². The number of hydrogen-bond acceptors (Lipinski definition) is 6. The minimum absolute atomic E-state index is 0.000960. The SMILES string of the molecule is COc1ccc(Nc2ncnc(OC(C)C)c2N)cc1. The maximum atomic E-state index is 6.00. The number of nitrogens with one attached hydrogen (secondary N) is 1. The second-order valence-electron chi connectivity index (χ2n) is 4.46. The number of anilines is 3. The molecule has 0 saturated carbocycles. The standard InChI is InChI=1S/C14H18N4O2/c1-9(2)20-14-12(15)13(16-8-17-14)18-10-4-6-11(19-3)7-5-10/h4-9H,15H2,1-3H3,(H,16,17,18). The maximum Gasteiger partial charge on any atom is 0.242 e. The van der Waals surface area contributed by atoms with Crippen LogP contribution >= 0.6 is 0 Å². The summed E-state index contributed by atoms with van der Waals surface area (Å²) >= 11 is 0. The van der Waals surface area contributed by atoms with Crippen molar-refractivity contribution in [2.24, 2.45) is 0 Å². The zero-order chi connectivity index (χ0) is 14.5. The van der Waals surface area contributed by atoms with Crippen LogP contribution in [0.1, 0.15) is 13.8 Å². The third kappa shape index (κ3) is 3.28. The molecule has 1 heterocycles. The number of nitrogens with two attached hydrogens (primary N) is 1. The van der Waals surface area contributed by atoms with Crippen LogP contribution in [-0.2, 0) is 0 Å². The first-order valence-electron chi connectivity index (χ1n) is 6.28. The number of benzene rings is 1. The van der Waals surface area contributed by atoms with E-state index in [4.69, 9.17) is 15.2 Å². The van der Waals surface area contributed by atoms with Gasteiger partial charge in [-0.15, -0.1) is 0 Å². The quantitative estimate of drug-likeness (QED) is 0.872. The summed E-state index contributed by atoms with van der Waals surface area (Å²) in [5.41, 5.74) is 7.24. The summed E-state index contributed by atoms with van der Waals surface area (Å²) < 4.78 is 10.6. The summed E-state index contributed by atoms with van der Waals surface area (Å²) in [7, 11) is 1.63. The molecule has 0 atom stereocenters. The molecule has 106 valence electrons. The van der Waals surface area contributed by atoms with E-state index in [0.29, 0.717) is 17.4 Å². The van der Waals surface area contributed by atoms with Gasteiger partial charge in [-0.1, -0.05) is 0 Å². The fourth-order valence-electron chi connectivity index (χ4n) is 1.61. The van der Waals surface area contributed by atoms with Crippen molar-refractivity contribution in [2.45, 2.75) is 20.0 Å². The van der Waals surface area contributed by atoms with Crippen molar-refractivity contribution in [2.75, 3.05) is 18.2 Å². The van der Waals surface area contributed by atoms with Gasteiger partial charge in [-0.2, -0.15) is 4.98 Å². The molecule has 1 aromatic carbocycles. The van der Waals surface area contributed by atoms with Crippen LogP contribution in [0.15, 0.2) is 30.6 Å². The minimum Gasteiger partial charge on any atom is -0.497 e. The van der Waals surface area contributed by atoms with Crippen LogP contribution in [0, 0.1) is 0 Å². The van der Waals surface area contributed by atoms with Crippen molar-refractivity contribution >= 4 is 17.2 Å². The molecule has 0 bridgehead atoms. The second kappa shape index (κ2) is 6.10. The molecule has 0 radical (unpaired) electrons. The number of hydrogen-bond donors (Lipinski definition) is 2. The van der Waals surface area contributed by atoms with E-state index in [9.17, 15) is 0 Å². The van der Waals surface area contributed by atoms with Crippen LogP contribution in [0.2, 0.25) is 0 Å². The molecule has 0 aliphatic carbocycles. The summed E-state index contributed by atoms with van der Waals surface area (Å²) in [6.07, 6.45) is 1.42. The normalized spacial score (nSPS) is 10.4. The molecule has 0 amide bonds. The Morgan fingerprint density at radius 2 is 1.85 bits per heavy atom. The first-order chi connectivity index (χ1) is 9.60. The van der Waals surface area contributed by atoms with Crippen molar-refractivity contribution in [3.63, 3.8) is 0 Å². The Hall–Kier alpha value is -2.50. The zero-order valence-electron chi connectivity index (χ0n) is 11.8. The number of ether oxygens (including phenoxy) is 2. The number of nitrogens with zero attached hydrogens (tertiary/aromatic N) is 2. The van der Waals surface area contributed by atoms with Crippen LogP contribution in [0.5, 0.6) is 11.6 Å². The van der Waals surface area contributed by atoms with Crippen molar-refractivity contribution in [1.82, 2.24) is 9.97 Å². The van der Waals surface area contributed by atoms with Gasteiger partial charge < -0.3 is 20.5 Å². The van der Waals surface area contributed by atoms with E-state index in [0.717, 1.165) is 11.4 Å². The smallest absolute Gasteiger partial charge is 0.242 e. The summed E-state index contributed by atoms with van der Waals surface area (Å²) in [5, 5.41) is 3.13. The molecule has 0 saturated heterocycles. The molecule has 6 heteroatoms. The summed E-state index contributed by atoms with van der Waals surface area (Å²) in [6, 6.07) is 7.46. The molecular formula is C14H18N4O2. The lowest BCUT2D eigenvalue weighted by Crippen LogP contribution is -2.10. The number of aromatic nitrogens is 2. The van der Waals surface area contributed by atoms with Gasteiger partial charge in [0, 0.05) is 5.69 Å². The molecule has 0 aliphatic rings. The molecule has 2 rings (SSSR count). The average molecular weight is 274 g/mol. The lowest BCUT2D eigenvalue weighted by Gasteiger charge is -2.13. The van der Waals surface area contributed by atoms with Gasteiger partial charge in [0.1, 0.15) is 17.8 Å². The van der Waals surface area contributed by atoms with Crippen LogP contribution < -0.4 is 20.5 Å². The van der Waals surface area contributed by atoms with Gasteiger partial charge in [0.15, 0.2) is 5.82 Å². The molecule has 2 aromatic rings. The van der Waals surface area contributed by atoms with Crippen molar-refractivity contribution in [3.05, 3.63) is 30.6 Å². The Labute approximate surface area is 118 Å². The first-order valence-corrected chi connectivity index (χ1v) is 6.28. The number of methoxy groups -OCH3 is 1. The molecule has 20 heavy (non-hydrogen) atoms. The lowest BCUT2D eigenvalue weighted by atomic mass is 10.3. The van der Waals surface area contributed by atoms with Gasteiger partial charge in [-0.25, -0.2) is 4.98 Å². The van der Waals surface area contributed by atoms with E-state index in [1.165, 1.54) is 6.33 Å². The summed E-state index contributed by atoms with van der Waals surface area (Å²) in [4.78, 5) is 8.16. The first kappa shape index (κ1) is 13.9. The van der Waals surface area contributed by atoms with E-state index < -0.39 is 0 Å². The highest BCUT2D eigenvalue weighted by molar-refractivity contribution is 5.72. The summed E-state index contributed by atoms with van der Waals surface area (Å²) in [5.74, 6) is 1.68. The van der Waals surface area contributed by atoms with Gasteiger partial charge >= 0.3 is 0 Å². The predicted molar refractivity (Wildman–Crippen MR) is 78.5 cm³/mol. The van der Waals surface area contributed by atoms with Gasteiger partial charge in [-0.3, -0.25) is 0 Å². The molecular weight excluding hydrogens is 256 g/mol. The number of nitrogen functional groups attached to an aromatic ring is 1. The molecule has 0 fully saturated rings. The van der Waals surface area contributed by atoms with E-state index >= 15 is 0 Å². The number of rotatable bonds is 5. The fraction of sp³-hybridized carbons (Fsp3) is 0.286. The van der Waals surface area contributed by atoms with Gasteiger partial charge in [0.2, 0.25) is 5.88 Å². The van der Waals surface area contributed by atoms with Crippen molar-refractivity contribution in [3.8, 4) is 11.6 Å². The molecule has 6 nitrogen and oxygen atoms in total. The predicted octanol–water partition coefficient (Wildman–Crippen LogP) is 2.60. The maximum absolute atomic E-state index is 6.00. The third-order valence-electron chi connectivity index (χ3n) is 2.55. The molecule has 0 unspecified atom stereocenters. The Bertz CT molecular complexity index is 570. The average Bonchev–Trinajstić information content (AvgIpc) is 2.43. The van der Waals surface area contributed by atoms with Crippen LogP contribution in [0.4, 0.5) is 17.2 Å². The Kier molecular flexibility index (Phi) is 4.24. The van der Waals surface area contributed by atoms with Crippen molar-refractivity contribution in [1.29, 1.82) is 0 Å². The zero-order valence-corrected chi connectivity index (χ0v) is 11.8.